The molecule has 0 aliphatic rings. The van der Waals surface area contributed by atoms with Crippen molar-refractivity contribution in [3.63, 3.8) is 0 Å². The van der Waals surface area contributed by atoms with Crippen LogP contribution in [0.2, 0.25) is 0 Å². The molecule has 2 nitrogen and oxygen atoms in total. The number of para-hydroxylation sites is 3. The van der Waals surface area contributed by atoms with Crippen molar-refractivity contribution < 1.29 is 0 Å². The third kappa shape index (κ3) is 7.57. The maximum absolute atomic E-state index is 2.41. The van der Waals surface area contributed by atoms with Crippen LogP contribution in [0.3, 0.4) is 0 Å². The van der Waals surface area contributed by atoms with Crippen LogP contribution in [0.5, 0.6) is 0 Å². The number of anilines is 5. The summed E-state index contributed by atoms with van der Waals surface area (Å²) in [6.45, 7) is 7.06. The van der Waals surface area contributed by atoms with Gasteiger partial charge in [-0.2, -0.15) is 0 Å². The Kier molecular flexibility index (Phi) is 10.2. The minimum absolute atomic E-state index is 0.103. The normalized spacial score (nSPS) is 12.3. The fourth-order valence-electron chi connectivity index (χ4n) is 7.36. The van der Waals surface area contributed by atoms with Crippen molar-refractivity contribution >= 4 is 44.9 Å². The molecule has 0 spiro atoms. The van der Waals surface area contributed by atoms with Gasteiger partial charge in [0, 0.05) is 33.9 Å². The molecular formula is C48H45AlN2. The summed E-state index contributed by atoms with van der Waals surface area (Å²) in [6.07, 6.45) is 1.07. The molecule has 7 aromatic carbocycles. The molecule has 250 valence electrons. The number of rotatable bonds is 11. The van der Waals surface area contributed by atoms with Gasteiger partial charge in [0.05, 0.1) is 0 Å². The Balaban J connectivity index is 1.11. The Hall–Kier alpha value is -5.33. The van der Waals surface area contributed by atoms with Crippen LogP contribution in [0, 0.1) is 5.92 Å². The number of benzene rings is 7. The second kappa shape index (κ2) is 15.3. The van der Waals surface area contributed by atoms with Gasteiger partial charge < -0.3 is 8.78 Å². The van der Waals surface area contributed by atoms with Crippen molar-refractivity contribution in [1.82, 2.24) is 0 Å². The van der Waals surface area contributed by atoms with Gasteiger partial charge in [-0.05, 0) is 106 Å². The molecule has 0 saturated carbocycles. The van der Waals surface area contributed by atoms with Gasteiger partial charge in [-0.15, -0.1) is 0 Å². The summed E-state index contributed by atoms with van der Waals surface area (Å²) in [4.78, 5) is 2.30. The Morgan fingerprint density at radius 2 is 0.706 bits per heavy atom. The first kappa shape index (κ1) is 34.1. The highest BCUT2D eigenvalue weighted by Gasteiger charge is 2.30. The van der Waals surface area contributed by atoms with Gasteiger partial charge in [0.2, 0.25) is 0 Å². The molecular weight excluding hydrogens is 632 g/mol. The average molecular weight is 677 g/mol. The highest BCUT2D eigenvalue weighted by Crippen LogP contribution is 2.40. The van der Waals surface area contributed by atoms with Gasteiger partial charge in [0.25, 0.3) is 0 Å². The lowest BCUT2D eigenvalue weighted by molar-refractivity contribution is 0.427. The lowest BCUT2D eigenvalue weighted by Crippen LogP contribution is -2.25. The first-order chi connectivity index (χ1) is 24.9. The first-order valence-corrected chi connectivity index (χ1v) is 18.9. The molecule has 1 unspecified atom stereocenters. The molecule has 7 aromatic rings. The Morgan fingerprint density at radius 1 is 0.412 bits per heavy atom. The molecule has 0 aromatic heterocycles. The second-order valence-electron chi connectivity index (χ2n) is 14.1. The van der Waals surface area contributed by atoms with E-state index in [9.17, 15) is 0 Å². The third-order valence-corrected chi connectivity index (χ3v) is 11.1. The van der Waals surface area contributed by atoms with Gasteiger partial charge in [-0.1, -0.05) is 148 Å². The van der Waals surface area contributed by atoms with Crippen molar-refractivity contribution in [1.29, 1.82) is 0 Å². The zero-order valence-electron chi connectivity index (χ0n) is 30.1. The third-order valence-electron chi connectivity index (χ3n) is 10.1. The van der Waals surface area contributed by atoms with Crippen molar-refractivity contribution in [3.05, 3.63) is 199 Å². The van der Waals surface area contributed by atoms with E-state index in [-0.39, 0.29) is 5.41 Å². The molecule has 0 radical (unpaired) electrons. The predicted molar refractivity (Wildman–Crippen MR) is 221 cm³/mol. The zero-order valence-corrected chi connectivity index (χ0v) is 32.1. The van der Waals surface area contributed by atoms with Crippen molar-refractivity contribution in [2.24, 2.45) is 5.92 Å². The topological polar surface area (TPSA) is 6.48 Å². The van der Waals surface area contributed by atoms with E-state index < -0.39 is 0 Å². The van der Waals surface area contributed by atoms with Crippen LogP contribution >= 0.6 is 0 Å². The van der Waals surface area contributed by atoms with E-state index in [0.717, 1.165) is 40.0 Å². The molecule has 0 N–H and O–H groups in total. The smallest absolute Gasteiger partial charge is 0.370 e. The van der Waals surface area contributed by atoms with Crippen molar-refractivity contribution in [3.8, 4) is 22.3 Å². The van der Waals surface area contributed by atoms with Crippen LogP contribution < -0.4 is 8.78 Å². The SMILES string of the molecule is CC(C)CC(C)(c1ccc(-c2ccc([N]([AlH2])c3ccccc3)cc2)cc1)c1ccc(-c2ccc(N(c3ccccc3)c3ccccc3)cc2)cc1. The molecule has 0 heterocycles. The summed E-state index contributed by atoms with van der Waals surface area (Å²) >= 11 is 0.925. The van der Waals surface area contributed by atoms with Crippen molar-refractivity contribution in [2.75, 3.05) is 8.78 Å². The molecule has 0 aliphatic carbocycles. The standard InChI is InChI=1S/C48H43N2.Al.2H/c1-36(2)35-48(3,41-27-19-37(20-28-41)39-23-31-44(32-24-39)49-43-13-7-4-8-14-43)42-29-21-38(22-30-42)40-25-33-47(34-26-40)50(45-15-9-5-10-16-45)46-17-11-6-12-18-46;;;/h4-34,36H,35H2,1-3H3;;;/q-1;+1;;. The second-order valence-corrected chi connectivity index (χ2v) is 15.0. The molecule has 0 amide bonds. The van der Waals surface area contributed by atoms with E-state index in [1.54, 1.807) is 0 Å². The van der Waals surface area contributed by atoms with Crippen LogP contribution in [-0.4, -0.2) is 16.5 Å². The van der Waals surface area contributed by atoms with Gasteiger partial charge in [0.1, 0.15) is 0 Å². The molecule has 7 rings (SSSR count). The molecule has 0 bridgehead atoms. The lowest BCUT2D eigenvalue weighted by atomic mass is 9.70. The highest BCUT2D eigenvalue weighted by molar-refractivity contribution is 6.22. The maximum atomic E-state index is 2.41. The number of hydrogen-bond donors (Lipinski definition) is 0. The van der Waals surface area contributed by atoms with Gasteiger partial charge in [0.15, 0.2) is 0 Å². The number of hydrogen-bond acceptors (Lipinski definition) is 2. The van der Waals surface area contributed by atoms with E-state index in [0.29, 0.717) is 5.92 Å². The maximum Gasteiger partial charge on any atom is 0.370 e. The van der Waals surface area contributed by atoms with E-state index in [4.69, 9.17) is 0 Å². The van der Waals surface area contributed by atoms with Gasteiger partial charge in [-0.3, -0.25) is 0 Å². The monoisotopic (exact) mass is 676 g/mol. The van der Waals surface area contributed by atoms with Crippen molar-refractivity contribution in [2.45, 2.75) is 32.6 Å². The van der Waals surface area contributed by atoms with E-state index in [2.05, 4.69) is 218 Å². The fourth-order valence-corrected chi connectivity index (χ4v) is 7.96. The largest absolute Gasteiger partial charge is 0.441 e. The van der Waals surface area contributed by atoms with Crippen LogP contribution in [-0.2, 0) is 5.41 Å². The quantitative estimate of drug-likeness (QED) is 0.126. The molecule has 0 fully saturated rings. The van der Waals surface area contributed by atoms with Gasteiger partial charge >= 0.3 is 16.5 Å². The molecule has 51 heavy (non-hydrogen) atoms. The fraction of sp³-hybridized carbons (Fsp3) is 0.125. The van der Waals surface area contributed by atoms with Crippen LogP contribution in [0.1, 0.15) is 38.3 Å². The Morgan fingerprint density at radius 3 is 1.08 bits per heavy atom. The average Bonchev–Trinajstić information content (AvgIpc) is 3.19. The van der Waals surface area contributed by atoms with E-state index in [1.165, 1.54) is 44.8 Å². The Labute approximate surface area is 312 Å². The van der Waals surface area contributed by atoms with E-state index >= 15 is 0 Å². The molecule has 3 heteroatoms. The van der Waals surface area contributed by atoms with Crippen LogP contribution in [0.4, 0.5) is 28.4 Å². The highest BCUT2D eigenvalue weighted by atomic mass is 27.1. The zero-order chi connectivity index (χ0) is 35.2. The summed E-state index contributed by atoms with van der Waals surface area (Å²) < 4.78 is 2.36. The van der Waals surface area contributed by atoms with E-state index in [1.807, 2.05) is 0 Å². The summed E-state index contributed by atoms with van der Waals surface area (Å²) in [5.74, 6) is 0.553. The summed E-state index contributed by atoms with van der Waals surface area (Å²) in [5.41, 5.74) is 13.4. The molecule has 1 atom stereocenters. The summed E-state index contributed by atoms with van der Waals surface area (Å²) in [7, 11) is 0. The minimum atomic E-state index is -0.103. The molecule has 0 saturated heterocycles. The predicted octanol–water partition coefficient (Wildman–Crippen LogP) is 12.5. The molecule has 0 aliphatic heterocycles. The first-order valence-electron chi connectivity index (χ1n) is 18.0. The summed E-state index contributed by atoms with van der Waals surface area (Å²) in [5, 5.41) is 0. The van der Waals surface area contributed by atoms with Crippen LogP contribution in [0.25, 0.3) is 22.3 Å². The minimum Gasteiger partial charge on any atom is -0.441 e. The van der Waals surface area contributed by atoms with Gasteiger partial charge in [-0.25, -0.2) is 0 Å². The number of nitrogens with zero attached hydrogens (tertiary/aromatic N) is 2. The lowest BCUT2D eigenvalue weighted by Gasteiger charge is -2.33. The van der Waals surface area contributed by atoms with Crippen LogP contribution in [0.15, 0.2) is 188 Å². The summed E-state index contributed by atoms with van der Waals surface area (Å²) in [6, 6.07) is 68.2. The Bertz CT molecular complexity index is 2090.